The van der Waals surface area contributed by atoms with Gasteiger partial charge in [0.1, 0.15) is 29.0 Å². The third-order valence-corrected chi connectivity index (χ3v) is 10.5. The Bertz CT molecular complexity index is 1810. The van der Waals surface area contributed by atoms with Crippen LogP contribution in [-0.4, -0.2) is 85.5 Å². The van der Waals surface area contributed by atoms with Gasteiger partial charge in [-0.25, -0.2) is 23.5 Å². The third-order valence-electron chi connectivity index (χ3n) is 10.0. The van der Waals surface area contributed by atoms with Crippen molar-refractivity contribution in [2.24, 2.45) is 5.41 Å². The van der Waals surface area contributed by atoms with Crippen LogP contribution in [0.3, 0.4) is 0 Å². The molecule has 3 heterocycles. The number of carbonyl (C=O) groups excluding carboxylic acids is 1. The van der Waals surface area contributed by atoms with E-state index in [9.17, 15) is 20.0 Å². The average molecular weight is 747 g/mol. The van der Waals surface area contributed by atoms with Crippen molar-refractivity contribution < 1.29 is 38.4 Å². The highest BCUT2D eigenvalue weighted by Crippen LogP contribution is 2.53. The van der Waals surface area contributed by atoms with E-state index in [1.807, 2.05) is 11.9 Å². The molecule has 3 aromatic rings. The lowest BCUT2D eigenvalue weighted by molar-refractivity contribution is -0.145. The Balaban J connectivity index is 0.000000774. The lowest BCUT2D eigenvalue weighted by Gasteiger charge is -2.46. The molecule has 2 unspecified atom stereocenters. The molecule has 1 saturated carbocycles. The highest BCUT2D eigenvalue weighted by Gasteiger charge is 2.58. The van der Waals surface area contributed by atoms with Gasteiger partial charge in [-0.1, -0.05) is 42.3 Å². The number of aliphatic carboxylic acids is 1. The highest BCUT2D eigenvalue weighted by molar-refractivity contribution is 6.30. The fraction of sp³-hybridized carbons (Fsp3) is 0.472. The summed E-state index contributed by atoms with van der Waals surface area (Å²) in [4.78, 5) is 35.7. The fourth-order valence-electron chi connectivity index (χ4n) is 6.58. The molecule has 6 rings (SSSR count). The summed E-state index contributed by atoms with van der Waals surface area (Å²) in [6.07, 6.45) is 2.80. The number of aliphatic hydroxyl groups excluding tert-OH is 1. The molecule has 0 spiro atoms. The molecule has 0 bridgehead atoms. The largest absolute Gasteiger partial charge is 0.479 e. The summed E-state index contributed by atoms with van der Waals surface area (Å²) in [5, 5.41) is 38.3. The third kappa shape index (κ3) is 7.31. The maximum Gasteiger partial charge on any atom is 0.332 e. The summed E-state index contributed by atoms with van der Waals surface area (Å²) >= 11 is 12.3. The number of halogens is 4. The first-order chi connectivity index (χ1) is 24.0. The topological polar surface area (TPSA) is 160 Å². The number of benzene rings is 2. The molecule has 3 N–H and O–H groups in total. The Morgan fingerprint density at radius 1 is 1.12 bits per heavy atom. The van der Waals surface area contributed by atoms with Gasteiger partial charge in [-0.2, -0.15) is 5.26 Å². The summed E-state index contributed by atoms with van der Waals surface area (Å²) in [6, 6.07) is 11.3. The molecule has 3 aliphatic rings. The highest BCUT2D eigenvalue weighted by atomic mass is 35.5. The molecular formula is C36H39Cl2F2N5O6. The lowest BCUT2D eigenvalue weighted by atomic mass is 9.71. The van der Waals surface area contributed by atoms with Crippen LogP contribution in [0.1, 0.15) is 78.8 Å². The van der Waals surface area contributed by atoms with E-state index in [-0.39, 0.29) is 54.9 Å². The Hall–Kier alpha value is -3.77. The van der Waals surface area contributed by atoms with Crippen molar-refractivity contribution in [1.82, 2.24) is 19.8 Å². The number of rotatable bonds is 10. The molecule has 11 nitrogen and oxygen atoms in total. The number of ether oxygens (including phenoxy) is 1. The minimum Gasteiger partial charge on any atom is -0.479 e. The number of amides is 1. The van der Waals surface area contributed by atoms with E-state index >= 15 is 8.78 Å². The number of piperidine rings is 1. The van der Waals surface area contributed by atoms with E-state index in [1.54, 1.807) is 31.2 Å². The standard InChI is InChI=1S/C33H33Cl2F2N5O3.C3H6O3/c1-3-32(44,31(37)10-12-41(2)13-11-31)22-14-25-28(26(36)15-22)33(21-4-6-23(34)7-5-21,45-20-30(19-38)8-9-30)42(29(25)43)18-27-39-16-24(35)17-40-27;1-2(4)3(5)6/h4-7,14-17,44H,3,8-13,18,20H2,1-2H3;2,4H,1H3,(H,5,6)/t32?,33-;/m1./s1. The Labute approximate surface area is 304 Å². The number of carboxylic acid groups (broad SMARTS) is 1. The molecule has 51 heavy (non-hydrogen) atoms. The van der Waals surface area contributed by atoms with E-state index in [0.717, 1.165) is 6.07 Å². The van der Waals surface area contributed by atoms with E-state index in [0.29, 0.717) is 41.5 Å². The van der Waals surface area contributed by atoms with Gasteiger partial charge in [-0.3, -0.25) is 9.69 Å². The molecule has 15 heteroatoms. The zero-order valence-corrected chi connectivity index (χ0v) is 29.9. The molecule has 272 valence electrons. The van der Waals surface area contributed by atoms with E-state index in [1.165, 1.54) is 30.3 Å². The maximum atomic E-state index is 16.8. The molecule has 1 amide bonds. The van der Waals surface area contributed by atoms with Crippen LogP contribution in [0.4, 0.5) is 8.78 Å². The van der Waals surface area contributed by atoms with E-state index < -0.39 is 46.2 Å². The number of likely N-dealkylation sites (tertiary alicyclic amines) is 1. The first-order valence-electron chi connectivity index (χ1n) is 16.5. The van der Waals surface area contributed by atoms with E-state index in [4.69, 9.17) is 38.2 Å². The van der Waals surface area contributed by atoms with Gasteiger partial charge in [0.2, 0.25) is 0 Å². The molecule has 1 aliphatic carbocycles. The predicted octanol–water partition coefficient (Wildman–Crippen LogP) is 5.58. The maximum absolute atomic E-state index is 16.8. The zero-order chi connectivity index (χ0) is 37.4. The van der Waals surface area contributed by atoms with Crippen LogP contribution in [0.2, 0.25) is 10.0 Å². The van der Waals surface area contributed by atoms with Gasteiger partial charge in [0, 0.05) is 36.1 Å². The molecule has 2 aromatic carbocycles. The Morgan fingerprint density at radius 2 is 1.71 bits per heavy atom. The minimum absolute atomic E-state index is 0.0214. The first kappa shape index (κ1) is 38.5. The van der Waals surface area contributed by atoms with Crippen molar-refractivity contribution >= 4 is 35.1 Å². The molecule has 3 atom stereocenters. The normalized spacial score (nSPS) is 22.2. The van der Waals surface area contributed by atoms with Crippen molar-refractivity contribution in [3.05, 3.63) is 92.7 Å². The van der Waals surface area contributed by atoms with Gasteiger partial charge in [0.05, 0.1) is 40.8 Å². The number of nitrogens with zero attached hydrogens (tertiary/aromatic N) is 5. The lowest BCUT2D eigenvalue weighted by Crippen LogP contribution is -2.54. The molecule has 2 fully saturated rings. The van der Waals surface area contributed by atoms with Gasteiger partial charge in [-0.05, 0) is 75.9 Å². The first-order valence-corrected chi connectivity index (χ1v) is 17.3. The zero-order valence-electron chi connectivity index (χ0n) is 28.4. The van der Waals surface area contributed by atoms with Crippen LogP contribution >= 0.6 is 23.2 Å². The SMILES string of the molecule is CC(O)C(=O)O.CCC(O)(c1cc(F)c2c(c1)C(=O)N(Cc1ncc(Cl)cn1)[C@@]2(OCC1(C#N)CC1)c1ccc(Cl)cc1)C1(F)CCN(C)CC1. The average Bonchev–Trinajstić information content (AvgIpc) is 3.86. The van der Waals surface area contributed by atoms with Crippen molar-refractivity contribution in [3.63, 3.8) is 0 Å². The fourth-order valence-corrected chi connectivity index (χ4v) is 6.81. The molecule has 1 aromatic heterocycles. The minimum atomic E-state index is -2.06. The van der Waals surface area contributed by atoms with Crippen LogP contribution in [0, 0.1) is 22.6 Å². The van der Waals surface area contributed by atoms with Crippen molar-refractivity contribution in [2.45, 2.75) is 75.6 Å². The van der Waals surface area contributed by atoms with Crippen molar-refractivity contribution in [3.8, 4) is 6.07 Å². The number of carbonyl (C=O) groups is 2. The molecular weight excluding hydrogens is 707 g/mol. The number of alkyl halides is 1. The van der Waals surface area contributed by atoms with Crippen LogP contribution in [0.25, 0.3) is 0 Å². The molecule has 1 saturated heterocycles. The summed E-state index contributed by atoms with van der Waals surface area (Å²) in [7, 11) is 1.88. The number of hydrogen-bond acceptors (Lipinski definition) is 9. The van der Waals surface area contributed by atoms with Gasteiger partial charge >= 0.3 is 5.97 Å². The van der Waals surface area contributed by atoms with Gasteiger partial charge in [-0.15, -0.1) is 0 Å². The van der Waals surface area contributed by atoms with E-state index in [2.05, 4.69) is 16.0 Å². The number of aromatic nitrogens is 2. The monoisotopic (exact) mass is 745 g/mol. The van der Waals surface area contributed by atoms with Gasteiger partial charge in [0.25, 0.3) is 5.91 Å². The predicted molar refractivity (Wildman–Crippen MR) is 183 cm³/mol. The summed E-state index contributed by atoms with van der Waals surface area (Å²) in [6.45, 7) is 3.40. The number of nitriles is 1. The second-order valence-electron chi connectivity index (χ2n) is 13.4. The van der Waals surface area contributed by atoms with Gasteiger partial charge < -0.3 is 25.0 Å². The quantitative estimate of drug-likeness (QED) is 0.239. The second kappa shape index (κ2) is 14.7. The van der Waals surface area contributed by atoms with Crippen LogP contribution in [-0.2, 0) is 27.4 Å². The summed E-state index contributed by atoms with van der Waals surface area (Å²) in [5.41, 5.74) is -6.55. The second-order valence-corrected chi connectivity index (χ2v) is 14.3. The van der Waals surface area contributed by atoms with Crippen LogP contribution in [0.15, 0.2) is 48.8 Å². The summed E-state index contributed by atoms with van der Waals surface area (Å²) < 4.78 is 40.1. The van der Waals surface area contributed by atoms with Crippen LogP contribution < -0.4 is 0 Å². The smallest absolute Gasteiger partial charge is 0.332 e. The summed E-state index contributed by atoms with van der Waals surface area (Å²) in [5.74, 6) is -2.45. The molecule has 2 aliphatic heterocycles. The number of carboxylic acids is 1. The van der Waals surface area contributed by atoms with Crippen LogP contribution in [0.5, 0.6) is 0 Å². The Kier molecular flexibility index (Phi) is 11.1. The van der Waals surface area contributed by atoms with Crippen molar-refractivity contribution in [2.75, 3.05) is 26.7 Å². The van der Waals surface area contributed by atoms with Gasteiger partial charge in [0.15, 0.2) is 5.72 Å². The molecule has 0 radical (unpaired) electrons. The number of hydrogen-bond donors (Lipinski definition) is 3. The Morgan fingerprint density at radius 3 is 2.22 bits per heavy atom. The van der Waals surface area contributed by atoms with Crippen molar-refractivity contribution in [1.29, 1.82) is 5.26 Å². The number of fused-ring (bicyclic) bond motifs is 1. The number of aliphatic hydroxyl groups is 2.